The number of anilines is 6. The van der Waals surface area contributed by atoms with Crippen molar-refractivity contribution < 1.29 is 4.74 Å². The van der Waals surface area contributed by atoms with Gasteiger partial charge in [0.05, 0.1) is 16.8 Å². The van der Waals surface area contributed by atoms with Crippen molar-refractivity contribution in [2.75, 3.05) is 9.80 Å². The molecule has 11 rings (SSSR count). The molecule has 2 aliphatic heterocycles. The molecule has 1 spiro atoms. The van der Waals surface area contributed by atoms with Gasteiger partial charge in [-0.2, -0.15) is 0 Å². The summed E-state index contributed by atoms with van der Waals surface area (Å²) in [7, 11) is 0. The van der Waals surface area contributed by atoms with Crippen molar-refractivity contribution in [2.45, 2.75) is 31.1 Å². The maximum atomic E-state index is 6.65. The maximum absolute atomic E-state index is 6.65. The van der Waals surface area contributed by atoms with E-state index in [9.17, 15) is 0 Å². The molecule has 0 aromatic heterocycles. The molecular weight excluding hydrogens is 753 g/mol. The summed E-state index contributed by atoms with van der Waals surface area (Å²) in [5.41, 5.74) is 16.4. The Kier molecular flexibility index (Phi) is 8.94. The molecule has 0 bridgehead atoms. The second-order valence-corrected chi connectivity index (χ2v) is 17.0. The van der Waals surface area contributed by atoms with Crippen LogP contribution in [0.2, 0.25) is 0 Å². The SMILES string of the molecule is C=C1/C=C\C=C/CC2(c3ccccc3Oc3ccccc32)c2cc(N(c3ccccc3)c3ccc4c(c3)C(C)(C)c3ccccc3N4c3ccc(-c4ccccc4)cc3)ccc21. The molecule has 3 aliphatic rings. The van der Waals surface area contributed by atoms with Gasteiger partial charge in [0.25, 0.3) is 0 Å². The van der Waals surface area contributed by atoms with Crippen LogP contribution in [0.5, 0.6) is 11.5 Å². The Morgan fingerprint density at radius 3 is 1.77 bits per heavy atom. The van der Waals surface area contributed by atoms with Gasteiger partial charge in [0, 0.05) is 39.3 Å². The summed E-state index contributed by atoms with van der Waals surface area (Å²) in [6.45, 7) is 9.37. The molecule has 0 saturated heterocycles. The molecule has 0 radical (unpaired) electrons. The van der Waals surface area contributed by atoms with E-state index in [2.05, 4.69) is 249 Å². The summed E-state index contributed by atoms with van der Waals surface area (Å²) in [5.74, 6) is 1.76. The number of para-hydroxylation sites is 4. The molecule has 0 amide bonds. The van der Waals surface area contributed by atoms with Crippen LogP contribution in [0.25, 0.3) is 16.7 Å². The first-order valence-corrected chi connectivity index (χ1v) is 21.5. The molecule has 0 unspecified atom stereocenters. The van der Waals surface area contributed by atoms with Crippen molar-refractivity contribution in [2.24, 2.45) is 0 Å². The number of allylic oxidation sites excluding steroid dienone is 5. The zero-order chi connectivity index (χ0) is 41.8. The number of nitrogens with zero attached hydrogens (tertiary/aromatic N) is 2. The van der Waals surface area contributed by atoms with Crippen molar-refractivity contribution in [3.63, 3.8) is 0 Å². The Labute approximate surface area is 364 Å². The number of ether oxygens (including phenoxy) is 1. The zero-order valence-electron chi connectivity index (χ0n) is 35.0. The Hall–Kier alpha value is -7.62. The minimum absolute atomic E-state index is 0.287. The van der Waals surface area contributed by atoms with Crippen LogP contribution in [-0.4, -0.2) is 0 Å². The Bertz CT molecular complexity index is 3020. The van der Waals surface area contributed by atoms with Crippen LogP contribution in [0.3, 0.4) is 0 Å². The van der Waals surface area contributed by atoms with E-state index in [-0.39, 0.29) is 5.41 Å². The van der Waals surface area contributed by atoms with Gasteiger partial charge in [0.15, 0.2) is 0 Å². The quantitative estimate of drug-likeness (QED) is 0.172. The predicted octanol–water partition coefficient (Wildman–Crippen LogP) is 15.9. The third-order valence-electron chi connectivity index (χ3n) is 13.2. The lowest BCUT2D eigenvalue weighted by molar-refractivity contribution is 0.417. The number of fused-ring (bicyclic) bond motifs is 8. The van der Waals surface area contributed by atoms with Crippen LogP contribution in [-0.2, 0) is 10.8 Å². The summed E-state index contributed by atoms with van der Waals surface area (Å²) in [5, 5.41) is 0. The molecule has 62 heavy (non-hydrogen) atoms. The highest BCUT2D eigenvalue weighted by Crippen LogP contribution is 2.57. The van der Waals surface area contributed by atoms with Crippen LogP contribution in [0.15, 0.2) is 225 Å². The zero-order valence-corrected chi connectivity index (χ0v) is 35.0. The topological polar surface area (TPSA) is 15.7 Å². The molecular formula is C59H46N2O. The average Bonchev–Trinajstić information content (AvgIpc) is 3.38. The highest BCUT2D eigenvalue weighted by molar-refractivity contribution is 5.90. The second kappa shape index (κ2) is 14.8. The normalized spacial score (nSPS) is 16.2. The molecule has 1 aliphatic carbocycles. The summed E-state index contributed by atoms with van der Waals surface area (Å²) in [6.07, 6.45) is 9.44. The Morgan fingerprint density at radius 2 is 1.06 bits per heavy atom. The summed E-state index contributed by atoms with van der Waals surface area (Å²) < 4.78 is 6.65. The number of benzene rings is 8. The molecule has 0 fully saturated rings. The second-order valence-electron chi connectivity index (χ2n) is 17.0. The van der Waals surface area contributed by atoms with Gasteiger partial charge in [-0.1, -0.05) is 166 Å². The van der Waals surface area contributed by atoms with Gasteiger partial charge in [-0.25, -0.2) is 0 Å². The summed E-state index contributed by atoms with van der Waals surface area (Å²) in [4.78, 5) is 4.86. The standard InChI is InChI=1S/C59H46N2O/c1-41-19-7-6-18-38-59(50-25-13-16-28-56(50)62-57-29-17-14-26-51(57)59)52-39-46(34-36-48(41)52)60(44-22-10-5-11-23-44)47-35-37-55-53(40-47)58(2,3)49-24-12-15-27-54(49)61(55)45-32-30-43(31-33-45)42-20-8-4-9-21-42/h4-37,39-40H,1,38H2,2-3H3/b18-6-,19-7-. The fourth-order valence-electron chi connectivity index (χ4n) is 10.2. The van der Waals surface area contributed by atoms with E-state index in [0.717, 1.165) is 62.9 Å². The van der Waals surface area contributed by atoms with Gasteiger partial charge in [-0.15, -0.1) is 0 Å². The molecule has 2 heterocycles. The minimum atomic E-state index is -0.553. The summed E-state index contributed by atoms with van der Waals surface area (Å²) in [6, 6.07) is 70.3. The summed E-state index contributed by atoms with van der Waals surface area (Å²) >= 11 is 0. The molecule has 8 aromatic carbocycles. The highest BCUT2D eigenvalue weighted by Gasteiger charge is 2.45. The van der Waals surface area contributed by atoms with Crippen molar-refractivity contribution >= 4 is 39.7 Å². The monoisotopic (exact) mass is 798 g/mol. The highest BCUT2D eigenvalue weighted by atomic mass is 16.5. The molecule has 0 N–H and O–H groups in total. The van der Waals surface area contributed by atoms with Gasteiger partial charge in [-0.3, -0.25) is 0 Å². The number of rotatable bonds is 5. The minimum Gasteiger partial charge on any atom is -0.457 e. The predicted molar refractivity (Wildman–Crippen MR) is 258 cm³/mol. The van der Waals surface area contributed by atoms with Crippen LogP contribution in [0.4, 0.5) is 34.1 Å². The van der Waals surface area contributed by atoms with E-state index >= 15 is 0 Å². The fraction of sp³-hybridized carbons (Fsp3) is 0.0847. The van der Waals surface area contributed by atoms with Gasteiger partial charge in [-0.05, 0) is 118 Å². The van der Waals surface area contributed by atoms with Crippen LogP contribution >= 0.6 is 0 Å². The van der Waals surface area contributed by atoms with E-state index in [1.807, 2.05) is 0 Å². The smallest absolute Gasteiger partial charge is 0.131 e. The average molecular weight is 799 g/mol. The molecule has 298 valence electrons. The molecule has 3 nitrogen and oxygen atoms in total. The lowest BCUT2D eigenvalue weighted by Crippen LogP contribution is -2.33. The molecule has 8 aromatic rings. The lowest BCUT2D eigenvalue weighted by atomic mass is 9.64. The molecule has 0 atom stereocenters. The van der Waals surface area contributed by atoms with Crippen LogP contribution in [0, 0.1) is 0 Å². The number of hydrogen-bond acceptors (Lipinski definition) is 3. The van der Waals surface area contributed by atoms with Gasteiger partial charge in [0.1, 0.15) is 11.5 Å². The first-order valence-electron chi connectivity index (χ1n) is 21.5. The Balaban J connectivity index is 1.11. The Morgan fingerprint density at radius 1 is 0.500 bits per heavy atom. The fourth-order valence-corrected chi connectivity index (χ4v) is 10.2. The third kappa shape index (κ3) is 5.96. The maximum Gasteiger partial charge on any atom is 0.131 e. The van der Waals surface area contributed by atoms with Crippen molar-refractivity contribution in [1.29, 1.82) is 0 Å². The van der Waals surface area contributed by atoms with Gasteiger partial charge >= 0.3 is 0 Å². The lowest BCUT2D eigenvalue weighted by Gasteiger charge is -2.43. The third-order valence-corrected chi connectivity index (χ3v) is 13.2. The van der Waals surface area contributed by atoms with E-state index in [1.165, 1.54) is 39.2 Å². The van der Waals surface area contributed by atoms with E-state index < -0.39 is 5.41 Å². The largest absolute Gasteiger partial charge is 0.457 e. The van der Waals surface area contributed by atoms with Gasteiger partial charge < -0.3 is 14.5 Å². The van der Waals surface area contributed by atoms with Gasteiger partial charge in [0.2, 0.25) is 0 Å². The van der Waals surface area contributed by atoms with E-state index in [0.29, 0.717) is 0 Å². The van der Waals surface area contributed by atoms with E-state index in [1.54, 1.807) is 0 Å². The van der Waals surface area contributed by atoms with Crippen molar-refractivity contribution in [1.82, 2.24) is 0 Å². The molecule has 0 saturated carbocycles. The number of hydrogen-bond donors (Lipinski definition) is 0. The van der Waals surface area contributed by atoms with Crippen molar-refractivity contribution in [3.8, 4) is 22.6 Å². The van der Waals surface area contributed by atoms with E-state index in [4.69, 9.17) is 4.74 Å². The first kappa shape index (κ1) is 37.4. The first-order chi connectivity index (χ1) is 30.4. The van der Waals surface area contributed by atoms with Crippen LogP contribution in [0.1, 0.15) is 53.6 Å². The van der Waals surface area contributed by atoms with Crippen molar-refractivity contribution in [3.05, 3.63) is 258 Å². The van der Waals surface area contributed by atoms with Crippen LogP contribution < -0.4 is 14.5 Å². The molecule has 3 heteroatoms.